The average molecular weight is 312 g/mol. The maximum Gasteiger partial charge on any atom is 0.141 e. The van der Waals surface area contributed by atoms with Gasteiger partial charge < -0.3 is 5.73 Å². The highest BCUT2D eigenvalue weighted by atomic mass is 79.9. The van der Waals surface area contributed by atoms with Crippen molar-refractivity contribution in [2.45, 2.75) is 24.5 Å². The molecule has 3 rings (SSSR count). The molecule has 0 aliphatic heterocycles. The normalized spacial score (nSPS) is 17.6. The quantitative estimate of drug-likeness (QED) is 0.925. The number of hydrogen-bond donors (Lipinski definition) is 1. The molecular weight excluding hydrogens is 298 g/mol. The number of pyridine rings is 1. The zero-order valence-electron chi connectivity index (χ0n) is 9.83. The Morgan fingerprint density at radius 1 is 1.53 bits per heavy atom. The first-order valence-electron chi connectivity index (χ1n) is 5.57. The summed E-state index contributed by atoms with van der Waals surface area (Å²) in [5.74, 6) is 0.788. The molecule has 5 heteroatoms. The number of nitrogen functional groups attached to an aromatic ring is 1. The van der Waals surface area contributed by atoms with E-state index in [0.717, 1.165) is 27.2 Å². The summed E-state index contributed by atoms with van der Waals surface area (Å²) in [6.07, 6.45) is 6.49. The van der Waals surface area contributed by atoms with Crippen LogP contribution in [0.3, 0.4) is 0 Å². The standard InChI is InChI=1S/C12H14BrN3S/c1-7-5-8(13)6-16-10(14)9(15-11(7)16)12(17-2)3-4-12/h5-6H,3-4,14H2,1-2H3. The van der Waals surface area contributed by atoms with Crippen molar-refractivity contribution >= 4 is 39.2 Å². The van der Waals surface area contributed by atoms with E-state index in [1.165, 1.54) is 12.8 Å². The van der Waals surface area contributed by atoms with Crippen molar-refractivity contribution in [2.75, 3.05) is 12.0 Å². The summed E-state index contributed by atoms with van der Waals surface area (Å²) in [5, 5.41) is 0. The molecule has 0 atom stereocenters. The number of aryl methyl sites for hydroxylation is 1. The molecule has 0 bridgehead atoms. The van der Waals surface area contributed by atoms with E-state index in [1.54, 1.807) is 0 Å². The van der Waals surface area contributed by atoms with Crippen LogP contribution in [0, 0.1) is 6.92 Å². The van der Waals surface area contributed by atoms with Crippen molar-refractivity contribution in [3.63, 3.8) is 0 Å². The first-order chi connectivity index (χ1) is 8.07. The zero-order valence-corrected chi connectivity index (χ0v) is 12.2. The number of aromatic nitrogens is 2. The highest BCUT2D eigenvalue weighted by Gasteiger charge is 2.47. The van der Waals surface area contributed by atoms with E-state index in [1.807, 2.05) is 22.4 Å². The first-order valence-corrected chi connectivity index (χ1v) is 7.58. The van der Waals surface area contributed by atoms with E-state index in [4.69, 9.17) is 10.7 Å². The molecule has 2 aromatic heterocycles. The number of anilines is 1. The molecule has 0 aromatic carbocycles. The Hall–Kier alpha value is -0.680. The summed E-state index contributed by atoms with van der Waals surface area (Å²) in [4.78, 5) is 4.75. The molecule has 3 nitrogen and oxygen atoms in total. The van der Waals surface area contributed by atoms with Gasteiger partial charge in [-0.2, -0.15) is 11.8 Å². The van der Waals surface area contributed by atoms with E-state index >= 15 is 0 Å². The Morgan fingerprint density at radius 2 is 2.24 bits per heavy atom. The van der Waals surface area contributed by atoms with E-state index in [-0.39, 0.29) is 4.75 Å². The lowest BCUT2D eigenvalue weighted by atomic mass is 10.3. The lowest BCUT2D eigenvalue weighted by Crippen LogP contribution is -2.05. The van der Waals surface area contributed by atoms with Crippen LogP contribution < -0.4 is 5.73 Å². The minimum atomic E-state index is 0.176. The number of hydrogen-bond acceptors (Lipinski definition) is 3. The number of halogens is 1. The van der Waals surface area contributed by atoms with Crippen LogP contribution in [0.5, 0.6) is 0 Å². The summed E-state index contributed by atoms with van der Waals surface area (Å²) in [5.41, 5.74) is 9.43. The molecule has 1 fully saturated rings. The van der Waals surface area contributed by atoms with Gasteiger partial charge in [-0.25, -0.2) is 4.98 Å². The van der Waals surface area contributed by atoms with Gasteiger partial charge in [0.25, 0.3) is 0 Å². The first kappa shape index (κ1) is 11.4. The largest absolute Gasteiger partial charge is 0.383 e. The SMILES string of the molecule is CSC1(c2nc3c(C)cc(Br)cn3c2N)CC1. The summed E-state index contributed by atoms with van der Waals surface area (Å²) in [7, 11) is 0. The van der Waals surface area contributed by atoms with E-state index in [2.05, 4.69) is 35.2 Å². The Labute approximate surface area is 113 Å². The van der Waals surface area contributed by atoms with Gasteiger partial charge in [-0.3, -0.25) is 4.40 Å². The lowest BCUT2D eigenvalue weighted by molar-refractivity contribution is 0.984. The Morgan fingerprint density at radius 3 is 2.82 bits per heavy atom. The third kappa shape index (κ3) is 1.59. The average Bonchev–Trinajstić information content (AvgIpc) is 3.01. The van der Waals surface area contributed by atoms with Crippen molar-refractivity contribution in [2.24, 2.45) is 0 Å². The van der Waals surface area contributed by atoms with Crippen molar-refractivity contribution < 1.29 is 0 Å². The van der Waals surface area contributed by atoms with Gasteiger partial charge in [-0.05, 0) is 53.6 Å². The molecule has 2 heterocycles. The van der Waals surface area contributed by atoms with Gasteiger partial charge in [0.2, 0.25) is 0 Å². The Kier molecular flexibility index (Phi) is 2.45. The van der Waals surface area contributed by atoms with Crippen molar-refractivity contribution in [3.05, 3.63) is 28.0 Å². The summed E-state index contributed by atoms with van der Waals surface area (Å²) in [6.45, 7) is 2.06. The monoisotopic (exact) mass is 311 g/mol. The fourth-order valence-corrected chi connectivity index (χ4v) is 3.67. The molecular formula is C12H14BrN3S. The number of thioether (sulfide) groups is 1. The third-order valence-corrected chi connectivity index (χ3v) is 5.25. The predicted molar refractivity (Wildman–Crippen MR) is 76.5 cm³/mol. The van der Waals surface area contributed by atoms with Gasteiger partial charge in [0.15, 0.2) is 0 Å². The maximum absolute atomic E-state index is 6.24. The molecule has 0 saturated heterocycles. The molecule has 1 aliphatic carbocycles. The van der Waals surface area contributed by atoms with Gasteiger partial charge in [-0.15, -0.1) is 0 Å². The molecule has 0 unspecified atom stereocenters. The second-order valence-electron chi connectivity index (χ2n) is 4.58. The van der Waals surface area contributed by atoms with Gasteiger partial charge in [-0.1, -0.05) is 0 Å². The fraction of sp³-hybridized carbons (Fsp3) is 0.417. The summed E-state index contributed by atoms with van der Waals surface area (Å²) >= 11 is 5.36. The summed E-state index contributed by atoms with van der Waals surface area (Å²) < 4.78 is 3.20. The van der Waals surface area contributed by atoms with Gasteiger partial charge >= 0.3 is 0 Å². The molecule has 0 radical (unpaired) electrons. The number of fused-ring (bicyclic) bond motifs is 1. The Balaban J connectivity index is 2.29. The number of nitrogens with two attached hydrogens (primary N) is 1. The second kappa shape index (κ2) is 3.65. The topological polar surface area (TPSA) is 43.3 Å². The third-order valence-electron chi connectivity index (χ3n) is 3.43. The second-order valence-corrected chi connectivity index (χ2v) is 6.68. The molecule has 2 N–H and O–H groups in total. The zero-order chi connectivity index (χ0) is 12.2. The van der Waals surface area contributed by atoms with Crippen LogP contribution in [0.2, 0.25) is 0 Å². The van der Waals surface area contributed by atoms with Crippen molar-refractivity contribution in [1.82, 2.24) is 9.38 Å². The molecule has 2 aromatic rings. The van der Waals surface area contributed by atoms with E-state index < -0.39 is 0 Å². The molecule has 90 valence electrons. The highest BCUT2D eigenvalue weighted by molar-refractivity contribution is 9.10. The molecule has 17 heavy (non-hydrogen) atoms. The van der Waals surface area contributed by atoms with Crippen LogP contribution >= 0.6 is 27.7 Å². The van der Waals surface area contributed by atoms with Crippen LogP contribution in [0.15, 0.2) is 16.7 Å². The highest BCUT2D eigenvalue weighted by Crippen LogP contribution is 2.57. The molecule has 1 aliphatic rings. The van der Waals surface area contributed by atoms with Crippen molar-refractivity contribution in [3.8, 4) is 0 Å². The number of imidazole rings is 1. The van der Waals surface area contributed by atoms with Crippen LogP contribution in [-0.2, 0) is 4.75 Å². The van der Waals surface area contributed by atoms with Crippen LogP contribution in [0.4, 0.5) is 5.82 Å². The molecule has 0 spiro atoms. The van der Waals surface area contributed by atoms with Gasteiger partial charge in [0, 0.05) is 10.7 Å². The maximum atomic E-state index is 6.24. The minimum absolute atomic E-state index is 0.176. The minimum Gasteiger partial charge on any atom is -0.383 e. The number of nitrogens with zero attached hydrogens (tertiary/aromatic N) is 2. The van der Waals surface area contributed by atoms with Crippen LogP contribution in [0.1, 0.15) is 24.1 Å². The number of rotatable bonds is 2. The van der Waals surface area contributed by atoms with Crippen molar-refractivity contribution in [1.29, 1.82) is 0 Å². The summed E-state index contributed by atoms with van der Waals surface area (Å²) in [6, 6.07) is 2.07. The smallest absolute Gasteiger partial charge is 0.141 e. The lowest BCUT2D eigenvalue weighted by Gasteiger charge is -2.08. The Bertz CT molecular complexity index is 601. The van der Waals surface area contributed by atoms with E-state index in [0.29, 0.717) is 0 Å². The van der Waals surface area contributed by atoms with Crippen LogP contribution in [-0.4, -0.2) is 15.6 Å². The predicted octanol–water partition coefficient (Wildman–Crippen LogP) is 3.34. The van der Waals surface area contributed by atoms with Gasteiger partial charge in [0.05, 0.1) is 10.4 Å². The van der Waals surface area contributed by atoms with E-state index in [9.17, 15) is 0 Å². The van der Waals surface area contributed by atoms with Crippen LogP contribution in [0.25, 0.3) is 5.65 Å². The fourth-order valence-electron chi connectivity index (χ4n) is 2.27. The molecule has 1 saturated carbocycles. The molecule has 0 amide bonds. The van der Waals surface area contributed by atoms with Gasteiger partial charge in [0.1, 0.15) is 11.5 Å².